The molecule has 58 valence electrons. The van der Waals surface area contributed by atoms with E-state index in [4.69, 9.17) is 5.41 Å². The average Bonchev–Trinajstić information content (AvgIpc) is 2.04. The first-order valence-corrected chi connectivity index (χ1v) is 3.89. The lowest BCUT2D eigenvalue weighted by Gasteiger charge is -2.03. The molecule has 1 heteroatoms. The molecule has 0 amide bonds. The highest BCUT2D eigenvalue weighted by atomic mass is 14.4. The van der Waals surface area contributed by atoms with Crippen molar-refractivity contribution in [3.63, 3.8) is 0 Å². The zero-order valence-corrected chi connectivity index (χ0v) is 7.02. The molecule has 0 heterocycles. The van der Waals surface area contributed by atoms with E-state index < -0.39 is 0 Å². The van der Waals surface area contributed by atoms with Crippen molar-refractivity contribution in [2.24, 2.45) is 0 Å². The Bertz CT molecular complexity index is 263. The molecule has 0 saturated carbocycles. The van der Waals surface area contributed by atoms with Gasteiger partial charge >= 0.3 is 0 Å². The first-order chi connectivity index (χ1) is 5.25. The summed E-state index contributed by atoms with van der Waals surface area (Å²) in [6.45, 7) is 4.05. The van der Waals surface area contributed by atoms with Crippen LogP contribution in [0.15, 0.2) is 24.3 Å². The summed E-state index contributed by atoms with van der Waals surface area (Å²) in [5, 5.41) is 7.62. The summed E-state index contributed by atoms with van der Waals surface area (Å²) in [5.74, 6) is 0. The van der Waals surface area contributed by atoms with E-state index in [9.17, 15) is 0 Å². The molecular weight excluding hydrogens is 134 g/mol. The van der Waals surface area contributed by atoms with Crippen molar-refractivity contribution in [1.29, 1.82) is 5.41 Å². The van der Waals surface area contributed by atoms with Gasteiger partial charge in [-0.05, 0) is 24.5 Å². The summed E-state index contributed by atoms with van der Waals surface area (Å²) >= 11 is 0. The Hall–Kier alpha value is -1.11. The van der Waals surface area contributed by atoms with E-state index in [1.165, 1.54) is 5.56 Å². The summed E-state index contributed by atoms with van der Waals surface area (Å²) in [7, 11) is 0. The number of hydrogen-bond acceptors (Lipinski definition) is 1. The Kier molecular flexibility index (Phi) is 2.42. The third kappa shape index (κ3) is 1.67. The maximum atomic E-state index is 7.62. The first kappa shape index (κ1) is 7.99. The van der Waals surface area contributed by atoms with Gasteiger partial charge in [0.15, 0.2) is 0 Å². The monoisotopic (exact) mass is 147 g/mol. The van der Waals surface area contributed by atoms with Crippen molar-refractivity contribution in [2.75, 3.05) is 0 Å². The Balaban J connectivity index is 3.03. The van der Waals surface area contributed by atoms with E-state index in [1.807, 2.05) is 38.1 Å². The van der Waals surface area contributed by atoms with Gasteiger partial charge in [0.05, 0.1) is 0 Å². The SMILES string of the molecule is CCC(=N)c1ccccc1C. The van der Waals surface area contributed by atoms with Crippen molar-refractivity contribution in [3.05, 3.63) is 35.4 Å². The maximum absolute atomic E-state index is 7.62. The molecule has 0 atom stereocenters. The van der Waals surface area contributed by atoms with Crippen LogP contribution in [-0.2, 0) is 0 Å². The third-order valence-corrected chi connectivity index (χ3v) is 1.82. The lowest BCUT2D eigenvalue weighted by atomic mass is 10.0. The van der Waals surface area contributed by atoms with Crippen LogP contribution < -0.4 is 0 Å². The van der Waals surface area contributed by atoms with Crippen molar-refractivity contribution < 1.29 is 0 Å². The van der Waals surface area contributed by atoms with E-state index in [0.717, 1.165) is 17.7 Å². The van der Waals surface area contributed by atoms with Crippen molar-refractivity contribution in [3.8, 4) is 0 Å². The molecule has 1 aromatic rings. The molecular formula is C10H13N. The molecule has 0 aliphatic heterocycles. The number of rotatable bonds is 2. The number of hydrogen-bond donors (Lipinski definition) is 1. The van der Waals surface area contributed by atoms with Crippen LogP contribution in [0.25, 0.3) is 0 Å². The van der Waals surface area contributed by atoms with E-state index in [-0.39, 0.29) is 0 Å². The summed E-state index contributed by atoms with van der Waals surface area (Å²) in [5.41, 5.74) is 3.00. The van der Waals surface area contributed by atoms with E-state index in [0.29, 0.717) is 0 Å². The molecule has 0 aliphatic carbocycles. The van der Waals surface area contributed by atoms with E-state index in [2.05, 4.69) is 0 Å². The topological polar surface area (TPSA) is 23.9 Å². The van der Waals surface area contributed by atoms with Gasteiger partial charge in [-0.25, -0.2) is 0 Å². The quantitative estimate of drug-likeness (QED) is 0.622. The van der Waals surface area contributed by atoms with Crippen LogP contribution >= 0.6 is 0 Å². The Morgan fingerprint density at radius 1 is 1.36 bits per heavy atom. The van der Waals surface area contributed by atoms with Crippen LogP contribution in [0.3, 0.4) is 0 Å². The summed E-state index contributed by atoms with van der Waals surface area (Å²) in [6.07, 6.45) is 0.810. The molecule has 0 aromatic heterocycles. The molecule has 1 rings (SSSR count). The highest BCUT2D eigenvalue weighted by molar-refractivity contribution is 5.99. The Morgan fingerprint density at radius 3 is 2.55 bits per heavy atom. The third-order valence-electron chi connectivity index (χ3n) is 1.82. The summed E-state index contributed by atoms with van der Waals surface area (Å²) in [4.78, 5) is 0. The molecule has 0 spiro atoms. The van der Waals surface area contributed by atoms with Crippen LogP contribution in [0.5, 0.6) is 0 Å². The van der Waals surface area contributed by atoms with Gasteiger partial charge in [0.2, 0.25) is 0 Å². The highest BCUT2D eigenvalue weighted by Crippen LogP contribution is 2.08. The van der Waals surface area contributed by atoms with Crippen LogP contribution in [0.1, 0.15) is 24.5 Å². The van der Waals surface area contributed by atoms with Crippen LogP contribution in [0.4, 0.5) is 0 Å². The van der Waals surface area contributed by atoms with Gasteiger partial charge in [-0.2, -0.15) is 0 Å². The molecule has 0 saturated heterocycles. The van der Waals surface area contributed by atoms with Crippen molar-refractivity contribution in [2.45, 2.75) is 20.3 Å². The molecule has 1 nitrogen and oxygen atoms in total. The number of nitrogens with one attached hydrogen (secondary N) is 1. The zero-order chi connectivity index (χ0) is 8.27. The molecule has 1 N–H and O–H groups in total. The number of aryl methyl sites for hydroxylation is 1. The lowest BCUT2D eigenvalue weighted by Crippen LogP contribution is -1.98. The van der Waals surface area contributed by atoms with Gasteiger partial charge in [0, 0.05) is 5.71 Å². The van der Waals surface area contributed by atoms with E-state index >= 15 is 0 Å². The van der Waals surface area contributed by atoms with Gasteiger partial charge in [-0.1, -0.05) is 31.2 Å². The molecule has 0 aliphatic rings. The fraction of sp³-hybridized carbons (Fsp3) is 0.300. The molecule has 0 fully saturated rings. The predicted octanol–water partition coefficient (Wildman–Crippen LogP) is 2.77. The standard InChI is InChI=1S/C10H13N/c1-3-10(11)9-7-5-4-6-8(9)2/h4-7,11H,3H2,1-2H3. The minimum Gasteiger partial charge on any atom is -0.305 e. The van der Waals surface area contributed by atoms with Crippen LogP contribution in [-0.4, -0.2) is 5.71 Å². The van der Waals surface area contributed by atoms with Gasteiger partial charge in [0.25, 0.3) is 0 Å². The van der Waals surface area contributed by atoms with Gasteiger partial charge in [-0.3, -0.25) is 0 Å². The number of benzene rings is 1. The van der Waals surface area contributed by atoms with Crippen LogP contribution in [0.2, 0.25) is 0 Å². The second kappa shape index (κ2) is 3.33. The lowest BCUT2D eigenvalue weighted by molar-refractivity contribution is 1.23. The highest BCUT2D eigenvalue weighted by Gasteiger charge is 1.99. The average molecular weight is 147 g/mol. The zero-order valence-electron chi connectivity index (χ0n) is 7.02. The Labute approximate surface area is 67.6 Å². The van der Waals surface area contributed by atoms with Crippen molar-refractivity contribution in [1.82, 2.24) is 0 Å². The minimum absolute atomic E-state index is 0.725. The van der Waals surface area contributed by atoms with E-state index in [1.54, 1.807) is 0 Å². The fourth-order valence-corrected chi connectivity index (χ4v) is 1.10. The minimum atomic E-state index is 0.725. The van der Waals surface area contributed by atoms with Gasteiger partial charge in [0.1, 0.15) is 0 Å². The second-order valence-electron chi connectivity index (χ2n) is 2.65. The maximum Gasteiger partial charge on any atom is 0.0386 e. The molecule has 1 aromatic carbocycles. The largest absolute Gasteiger partial charge is 0.305 e. The fourth-order valence-electron chi connectivity index (χ4n) is 1.10. The second-order valence-corrected chi connectivity index (χ2v) is 2.65. The summed E-state index contributed by atoms with van der Waals surface area (Å²) < 4.78 is 0. The Morgan fingerprint density at radius 2 is 2.00 bits per heavy atom. The summed E-state index contributed by atoms with van der Waals surface area (Å²) in [6, 6.07) is 8.02. The molecule has 0 unspecified atom stereocenters. The predicted molar refractivity (Wildman–Crippen MR) is 48.3 cm³/mol. The normalized spacial score (nSPS) is 9.64. The van der Waals surface area contributed by atoms with Crippen molar-refractivity contribution >= 4 is 5.71 Å². The van der Waals surface area contributed by atoms with Gasteiger partial charge in [-0.15, -0.1) is 0 Å². The van der Waals surface area contributed by atoms with Crippen LogP contribution in [0, 0.1) is 12.3 Å². The first-order valence-electron chi connectivity index (χ1n) is 3.89. The molecule has 0 bridgehead atoms. The molecule has 11 heavy (non-hydrogen) atoms. The van der Waals surface area contributed by atoms with Gasteiger partial charge < -0.3 is 5.41 Å². The molecule has 0 radical (unpaired) electrons. The smallest absolute Gasteiger partial charge is 0.0386 e.